The van der Waals surface area contributed by atoms with E-state index in [0.29, 0.717) is 0 Å². The van der Waals surface area contributed by atoms with Crippen LogP contribution < -0.4 is 4.90 Å². The van der Waals surface area contributed by atoms with Crippen molar-refractivity contribution in [3.05, 3.63) is 35.9 Å². The van der Waals surface area contributed by atoms with Crippen LogP contribution >= 0.6 is 0 Å². The molecule has 1 saturated carbocycles. The van der Waals surface area contributed by atoms with Crippen LogP contribution in [0.2, 0.25) is 0 Å². The van der Waals surface area contributed by atoms with Crippen molar-refractivity contribution in [3.8, 4) is 11.8 Å². The Morgan fingerprint density at radius 3 is 2.30 bits per heavy atom. The molecule has 2 fully saturated rings. The maximum Gasteiger partial charge on any atom is 0.153 e. The first-order valence-electron chi connectivity index (χ1n) is 9.40. The Morgan fingerprint density at radius 1 is 0.957 bits per heavy atom. The zero-order chi connectivity index (χ0) is 16.0. The van der Waals surface area contributed by atoms with Crippen LogP contribution in [0.25, 0.3) is 0 Å². The lowest BCUT2D eigenvalue weighted by Gasteiger charge is -2.35. The number of hydrogen-bond donors (Lipinski definition) is 2. The first-order valence-corrected chi connectivity index (χ1v) is 9.40. The minimum absolute atomic E-state index is 0.280. The smallest absolute Gasteiger partial charge is 0.153 e. The molecule has 23 heavy (non-hydrogen) atoms. The Hall–Kier alpha value is -1.30. The third-order valence-electron chi connectivity index (χ3n) is 5.59. The van der Waals surface area contributed by atoms with Gasteiger partial charge in [0.2, 0.25) is 0 Å². The van der Waals surface area contributed by atoms with E-state index in [-0.39, 0.29) is 5.92 Å². The first-order chi connectivity index (χ1) is 11.3. The standard InChI is InChI=1S/C21H29NO/c23-21(19-11-4-1-5-12-19,20-13-6-2-7-14-20)15-10-18-22-16-8-3-9-17-22/h1,4-5,11-12,20,23H,2-3,6-9,13-14,16-18H2/p+1/t21-/m0/s1. The topological polar surface area (TPSA) is 24.7 Å². The number of nitrogens with one attached hydrogen (secondary N) is 1. The van der Waals surface area contributed by atoms with Crippen LogP contribution in [0.3, 0.4) is 0 Å². The van der Waals surface area contributed by atoms with Crippen molar-refractivity contribution in [1.29, 1.82) is 0 Å². The number of quaternary nitrogens is 1. The van der Waals surface area contributed by atoms with E-state index in [1.54, 1.807) is 4.90 Å². The van der Waals surface area contributed by atoms with Crippen molar-refractivity contribution in [2.24, 2.45) is 5.92 Å². The zero-order valence-electron chi connectivity index (χ0n) is 14.2. The predicted octanol–water partition coefficient (Wildman–Crippen LogP) is 2.53. The number of hydrogen-bond acceptors (Lipinski definition) is 1. The molecule has 2 nitrogen and oxygen atoms in total. The van der Waals surface area contributed by atoms with Crippen molar-refractivity contribution < 1.29 is 10.0 Å². The second-order valence-electron chi connectivity index (χ2n) is 7.26. The third kappa shape index (κ3) is 4.16. The van der Waals surface area contributed by atoms with Gasteiger partial charge in [-0.3, -0.25) is 0 Å². The molecule has 3 rings (SSSR count). The van der Waals surface area contributed by atoms with Crippen LogP contribution in [0.5, 0.6) is 0 Å². The molecular formula is C21H30NO+. The maximum atomic E-state index is 11.5. The van der Waals surface area contributed by atoms with Crippen molar-refractivity contribution in [3.63, 3.8) is 0 Å². The molecule has 2 heteroatoms. The van der Waals surface area contributed by atoms with E-state index in [0.717, 1.165) is 24.9 Å². The molecule has 1 heterocycles. The quantitative estimate of drug-likeness (QED) is 0.824. The summed E-state index contributed by atoms with van der Waals surface area (Å²) < 4.78 is 0. The highest BCUT2D eigenvalue weighted by Crippen LogP contribution is 2.38. The molecule has 0 bridgehead atoms. The van der Waals surface area contributed by atoms with E-state index in [2.05, 4.69) is 11.8 Å². The Morgan fingerprint density at radius 2 is 1.61 bits per heavy atom. The van der Waals surface area contributed by atoms with Crippen LogP contribution in [0.4, 0.5) is 0 Å². The van der Waals surface area contributed by atoms with Gasteiger partial charge in [0.25, 0.3) is 0 Å². The number of aliphatic hydroxyl groups is 1. The van der Waals surface area contributed by atoms with Gasteiger partial charge in [0.1, 0.15) is 6.54 Å². The van der Waals surface area contributed by atoms with Crippen LogP contribution in [-0.2, 0) is 5.60 Å². The number of likely N-dealkylation sites (tertiary alicyclic amines) is 1. The molecule has 1 aromatic carbocycles. The minimum atomic E-state index is -0.961. The number of piperidine rings is 1. The van der Waals surface area contributed by atoms with Gasteiger partial charge in [-0.2, -0.15) is 0 Å². The molecule has 0 aromatic heterocycles. The highest BCUT2D eigenvalue weighted by Gasteiger charge is 2.37. The molecule has 0 spiro atoms. The summed E-state index contributed by atoms with van der Waals surface area (Å²) in [6.07, 6.45) is 9.94. The molecule has 2 aliphatic rings. The van der Waals surface area contributed by atoms with E-state index >= 15 is 0 Å². The average Bonchev–Trinajstić information content (AvgIpc) is 2.64. The summed E-state index contributed by atoms with van der Waals surface area (Å²) in [4.78, 5) is 1.59. The largest absolute Gasteiger partial charge is 0.373 e. The molecule has 2 N–H and O–H groups in total. The fraction of sp³-hybridized carbons (Fsp3) is 0.619. The lowest BCUT2D eigenvalue weighted by Crippen LogP contribution is -3.12. The second kappa shape index (κ2) is 7.99. The van der Waals surface area contributed by atoms with Gasteiger partial charge >= 0.3 is 0 Å². The van der Waals surface area contributed by atoms with E-state index in [9.17, 15) is 5.11 Å². The van der Waals surface area contributed by atoms with Crippen LogP contribution in [0.15, 0.2) is 30.3 Å². The molecule has 1 aromatic rings. The normalized spacial score (nSPS) is 22.8. The van der Waals surface area contributed by atoms with Crippen LogP contribution in [0.1, 0.15) is 56.9 Å². The lowest BCUT2D eigenvalue weighted by atomic mass is 9.73. The first kappa shape index (κ1) is 16.6. The van der Waals surface area contributed by atoms with Gasteiger partial charge in [-0.1, -0.05) is 55.5 Å². The summed E-state index contributed by atoms with van der Waals surface area (Å²) in [7, 11) is 0. The molecule has 1 saturated heterocycles. The highest BCUT2D eigenvalue weighted by molar-refractivity contribution is 5.33. The minimum Gasteiger partial charge on any atom is -0.373 e. The molecule has 0 amide bonds. The van der Waals surface area contributed by atoms with Crippen LogP contribution in [0, 0.1) is 17.8 Å². The summed E-state index contributed by atoms with van der Waals surface area (Å²) in [6, 6.07) is 10.1. The summed E-state index contributed by atoms with van der Waals surface area (Å²) >= 11 is 0. The summed E-state index contributed by atoms with van der Waals surface area (Å²) in [5.74, 6) is 6.95. The highest BCUT2D eigenvalue weighted by atomic mass is 16.3. The Bertz CT molecular complexity index is 532. The van der Waals surface area contributed by atoms with E-state index in [1.165, 1.54) is 51.6 Å². The van der Waals surface area contributed by atoms with Gasteiger partial charge in [0, 0.05) is 5.92 Å². The fourth-order valence-corrected chi connectivity index (χ4v) is 4.16. The monoisotopic (exact) mass is 312 g/mol. The maximum absolute atomic E-state index is 11.5. The van der Waals surface area contributed by atoms with Crippen molar-refractivity contribution in [2.75, 3.05) is 19.6 Å². The average molecular weight is 312 g/mol. The summed E-state index contributed by atoms with van der Waals surface area (Å²) in [6.45, 7) is 3.35. The number of benzene rings is 1. The van der Waals surface area contributed by atoms with Gasteiger partial charge in [-0.15, -0.1) is 0 Å². The molecule has 0 unspecified atom stereocenters. The van der Waals surface area contributed by atoms with Crippen molar-refractivity contribution >= 4 is 0 Å². The zero-order valence-corrected chi connectivity index (χ0v) is 14.2. The predicted molar refractivity (Wildman–Crippen MR) is 94.1 cm³/mol. The van der Waals surface area contributed by atoms with Gasteiger partial charge < -0.3 is 10.0 Å². The molecule has 1 aliphatic heterocycles. The van der Waals surface area contributed by atoms with E-state index < -0.39 is 5.60 Å². The van der Waals surface area contributed by atoms with Gasteiger partial charge in [-0.05, 0) is 43.6 Å². The second-order valence-corrected chi connectivity index (χ2v) is 7.26. The van der Waals surface area contributed by atoms with Crippen LogP contribution in [-0.4, -0.2) is 24.7 Å². The lowest BCUT2D eigenvalue weighted by molar-refractivity contribution is -0.897. The van der Waals surface area contributed by atoms with Crippen molar-refractivity contribution in [1.82, 2.24) is 0 Å². The van der Waals surface area contributed by atoms with Gasteiger partial charge in [0.05, 0.1) is 13.1 Å². The fourth-order valence-electron chi connectivity index (χ4n) is 4.16. The van der Waals surface area contributed by atoms with Gasteiger partial charge in [-0.25, -0.2) is 0 Å². The van der Waals surface area contributed by atoms with E-state index in [1.807, 2.05) is 30.3 Å². The Kier molecular flexibility index (Phi) is 5.75. The van der Waals surface area contributed by atoms with E-state index in [4.69, 9.17) is 0 Å². The molecule has 1 atom stereocenters. The third-order valence-corrected chi connectivity index (χ3v) is 5.59. The Balaban J connectivity index is 1.77. The molecule has 0 radical (unpaired) electrons. The number of rotatable bonds is 3. The molecule has 1 aliphatic carbocycles. The SMILES string of the molecule is O[C@@](C#CC[NH+]1CCCCC1)(c1ccccc1)C1CCCCC1. The Labute approximate surface area is 140 Å². The molecular weight excluding hydrogens is 282 g/mol. The van der Waals surface area contributed by atoms with Crippen molar-refractivity contribution in [2.45, 2.75) is 57.0 Å². The summed E-state index contributed by atoms with van der Waals surface area (Å²) in [5.41, 5.74) is 0.0183. The van der Waals surface area contributed by atoms with Gasteiger partial charge in [0.15, 0.2) is 5.60 Å². The summed E-state index contributed by atoms with van der Waals surface area (Å²) in [5, 5.41) is 11.5. The molecule has 124 valence electrons.